The molecule has 3 aliphatic rings. The van der Waals surface area contributed by atoms with E-state index in [0.29, 0.717) is 5.54 Å². The van der Waals surface area contributed by atoms with Gasteiger partial charge < -0.3 is 5.32 Å². The van der Waals surface area contributed by atoms with E-state index in [1.165, 1.54) is 83.8 Å². The van der Waals surface area contributed by atoms with Crippen LogP contribution in [0, 0.1) is 5.92 Å². The molecule has 110 valence electrons. The summed E-state index contributed by atoms with van der Waals surface area (Å²) in [6.45, 7) is 6.28. The predicted octanol–water partition coefficient (Wildman–Crippen LogP) is 3.56. The second-order valence-electron chi connectivity index (χ2n) is 7.30. The fourth-order valence-corrected chi connectivity index (χ4v) is 4.91. The van der Waals surface area contributed by atoms with Crippen LogP contribution in [0.1, 0.15) is 71.1 Å². The Bertz CT molecular complexity index is 277. The van der Waals surface area contributed by atoms with E-state index in [9.17, 15) is 0 Å². The normalized spacial score (nSPS) is 33.0. The van der Waals surface area contributed by atoms with Gasteiger partial charge in [-0.05, 0) is 44.6 Å². The summed E-state index contributed by atoms with van der Waals surface area (Å²) in [6.07, 6.45) is 14.5. The van der Waals surface area contributed by atoms with Crippen molar-refractivity contribution in [2.75, 3.05) is 19.6 Å². The highest BCUT2D eigenvalue weighted by Crippen LogP contribution is 2.37. The lowest BCUT2D eigenvalue weighted by atomic mass is 9.80. The van der Waals surface area contributed by atoms with Crippen LogP contribution in [0.5, 0.6) is 0 Å². The lowest BCUT2D eigenvalue weighted by Crippen LogP contribution is -2.64. The second-order valence-corrected chi connectivity index (χ2v) is 7.30. The molecular formula is C17H32N2. The van der Waals surface area contributed by atoms with Gasteiger partial charge in [-0.25, -0.2) is 0 Å². The number of rotatable bonds is 3. The smallest absolute Gasteiger partial charge is 0.0309 e. The molecule has 2 saturated carbocycles. The standard InChI is InChI=1S/C17H32N2/c1-2-12-19-14-17(10-6-7-11-17)18-13-16(19)15-8-4-3-5-9-15/h15-16,18H,2-14H2,1H3. The van der Waals surface area contributed by atoms with E-state index in [4.69, 9.17) is 0 Å². The van der Waals surface area contributed by atoms with E-state index in [-0.39, 0.29) is 0 Å². The van der Waals surface area contributed by atoms with Crippen LogP contribution in [-0.2, 0) is 0 Å². The fourth-order valence-electron chi connectivity index (χ4n) is 4.91. The van der Waals surface area contributed by atoms with E-state index in [2.05, 4.69) is 17.1 Å². The Balaban J connectivity index is 1.66. The number of hydrogen-bond donors (Lipinski definition) is 1. The number of nitrogens with one attached hydrogen (secondary N) is 1. The number of nitrogens with zero attached hydrogens (tertiary/aromatic N) is 1. The summed E-state index contributed by atoms with van der Waals surface area (Å²) in [5.41, 5.74) is 0.500. The van der Waals surface area contributed by atoms with E-state index in [1.54, 1.807) is 0 Å². The largest absolute Gasteiger partial charge is 0.308 e. The zero-order valence-corrected chi connectivity index (χ0v) is 12.8. The molecule has 1 spiro atoms. The summed E-state index contributed by atoms with van der Waals surface area (Å²) in [7, 11) is 0. The van der Waals surface area contributed by atoms with Crippen molar-refractivity contribution in [1.82, 2.24) is 10.2 Å². The molecule has 3 rings (SSSR count). The molecule has 1 unspecified atom stereocenters. The fraction of sp³-hybridized carbons (Fsp3) is 1.00. The third-order valence-corrected chi connectivity index (χ3v) is 5.93. The van der Waals surface area contributed by atoms with Crippen LogP contribution in [0.25, 0.3) is 0 Å². The van der Waals surface area contributed by atoms with Gasteiger partial charge in [-0.1, -0.05) is 39.0 Å². The van der Waals surface area contributed by atoms with E-state index >= 15 is 0 Å². The predicted molar refractivity (Wildman–Crippen MR) is 81.4 cm³/mol. The second kappa shape index (κ2) is 6.13. The molecule has 1 N–H and O–H groups in total. The van der Waals surface area contributed by atoms with Crippen molar-refractivity contribution in [2.45, 2.75) is 82.7 Å². The quantitative estimate of drug-likeness (QED) is 0.838. The lowest BCUT2D eigenvalue weighted by Gasteiger charge is -2.49. The van der Waals surface area contributed by atoms with Crippen molar-refractivity contribution in [3.63, 3.8) is 0 Å². The van der Waals surface area contributed by atoms with Gasteiger partial charge in [0.1, 0.15) is 0 Å². The van der Waals surface area contributed by atoms with Gasteiger partial charge in [0, 0.05) is 24.7 Å². The minimum Gasteiger partial charge on any atom is -0.308 e. The highest BCUT2D eigenvalue weighted by atomic mass is 15.3. The number of hydrogen-bond acceptors (Lipinski definition) is 2. The van der Waals surface area contributed by atoms with Crippen molar-refractivity contribution in [2.24, 2.45) is 5.92 Å². The van der Waals surface area contributed by atoms with E-state index in [0.717, 1.165) is 12.0 Å². The molecule has 0 amide bonds. The van der Waals surface area contributed by atoms with Gasteiger partial charge >= 0.3 is 0 Å². The van der Waals surface area contributed by atoms with Crippen LogP contribution in [-0.4, -0.2) is 36.1 Å². The van der Waals surface area contributed by atoms with Gasteiger partial charge in [-0.15, -0.1) is 0 Å². The van der Waals surface area contributed by atoms with Crippen LogP contribution < -0.4 is 5.32 Å². The maximum Gasteiger partial charge on any atom is 0.0309 e. The zero-order chi connectivity index (χ0) is 13.1. The molecule has 0 bridgehead atoms. The lowest BCUT2D eigenvalue weighted by molar-refractivity contribution is 0.0380. The first kappa shape index (κ1) is 13.9. The molecule has 0 aromatic heterocycles. The summed E-state index contributed by atoms with van der Waals surface area (Å²) in [5.74, 6) is 0.978. The van der Waals surface area contributed by atoms with Crippen LogP contribution in [0.2, 0.25) is 0 Å². The van der Waals surface area contributed by atoms with Crippen LogP contribution in [0.4, 0.5) is 0 Å². The Labute approximate surface area is 119 Å². The average Bonchev–Trinajstić information content (AvgIpc) is 2.89. The highest BCUT2D eigenvalue weighted by Gasteiger charge is 2.42. The highest BCUT2D eigenvalue weighted by molar-refractivity contribution is 5.02. The third-order valence-electron chi connectivity index (χ3n) is 5.93. The molecular weight excluding hydrogens is 232 g/mol. The van der Waals surface area contributed by atoms with Crippen LogP contribution in [0.15, 0.2) is 0 Å². The summed E-state index contributed by atoms with van der Waals surface area (Å²) in [6, 6.07) is 0.839. The van der Waals surface area contributed by atoms with E-state index < -0.39 is 0 Å². The Morgan fingerprint density at radius 2 is 1.79 bits per heavy atom. The first-order chi connectivity index (χ1) is 9.33. The van der Waals surface area contributed by atoms with E-state index in [1.807, 2.05) is 0 Å². The summed E-state index contributed by atoms with van der Waals surface area (Å²) in [5, 5.41) is 3.99. The van der Waals surface area contributed by atoms with Gasteiger partial charge in [0.25, 0.3) is 0 Å². The van der Waals surface area contributed by atoms with Crippen molar-refractivity contribution < 1.29 is 0 Å². The molecule has 2 nitrogen and oxygen atoms in total. The Morgan fingerprint density at radius 3 is 2.47 bits per heavy atom. The van der Waals surface area contributed by atoms with Gasteiger partial charge in [0.05, 0.1) is 0 Å². The average molecular weight is 264 g/mol. The monoisotopic (exact) mass is 264 g/mol. The summed E-state index contributed by atoms with van der Waals surface area (Å²) in [4.78, 5) is 2.87. The minimum atomic E-state index is 0.500. The molecule has 3 fully saturated rings. The third kappa shape index (κ3) is 3.00. The molecule has 0 aromatic carbocycles. The molecule has 1 aliphatic heterocycles. The molecule has 19 heavy (non-hydrogen) atoms. The minimum absolute atomic E-state index is 0.500. The van der Waals surface area contributed by atoms with Crippen molar-refractivity contribution in [1.29, 1.82) is 0 Å². The van der Waals surface area contributed by atoms with Crippen molar-refractivity contribution in [3.8, 4) is 0 Å². The van der Waals surface area contributed by atoms with Crippen molar-refractivity contribution >= 4 is 0 Å². The van der Waals surface area contributed by atoms with Gasteiger partial charge in [-0.3, -0.25) is 4.90 Å². The number of piperazine rings is 1. The van der Waals surface area contributed by atoms with Gasteiger partial charge in [-0.2, -0.15) is 0 Å². The van der Waals surface area contributed by atoms with Gasteiger partial charge in [0.2, 0.25) is 0 Å². The van der Waals surface area contributed by atoms with Crippen LogP contribution in [0.3, 0.4) is 0 Å². The summed E-state index contributed by atoms with van der Waals surface area (Å²) >= 11 is 0. The maximum absolute atomic E-state index is 3.99. The maximum atomic E-state index is 3.99. The molecule has 1 heterocycles. The van der Waals surface area contributed by atoms with Crippen molar-refractivity contribution in [3.05, 3.63) is 0 Å². The Kier molecular flexibility index (Phi) is 4.48. The molecule has 0 radical (unpaired) electrons. The van der Waals surface area contributed by atoms with Gasteiger partial charge in [0.15, 0.2) is 0 Å². The first-order valence-corrected chi connectivity index (χ1v) is 8.82. The zero-order valence-electron chi connectivity index (χ0n) is 12.8. The molecule has 0 aromatic rings. The van der Waals surface area contributed by atoms with Crippen LogP contribution >= 0.6 is 0 Å². The Morgan fingerprint density at radius 1 is 1.05 bits per heavy atom. The summed E-state index contributed by atoms with van der Waals surface area (Å²) < 4.78 is 0. The topological polar surface area (TPSA) is 15.3 Å². The Hall–Kier alpha value is -0.0800. The molecule has 2 heteroatoms. The first-order valence-electron chi connectivity index (χ1n) is 8.82. The molecule has 1 saturated heterocycles. The molecule has 1 atom stereocenters. The molecule has 2 aliphatic carbocycles. The SMILES string of the molecule is CCCN1CC2(CCCC2)NCC1C1CCCCC1.